The number of nitrogens with one attached hydrogen (secondary N) is 1. The smallest absolute Gasteiger partial charge is 0.416 e. The minimum Gasteiger partial charge on any atom is -0.508 e. The molecule has 55 heavy (non-hydrogen) atoms. The quantitative estimate of drug-likeness (QED) is 0.102. The molecule has 2 aliphatic heterocycles. The molecule has 1 aromatic heterocycles. The fourth-order valence-electron chi connectivity index (χ4n) is 5.87. The summed E-state index contributed by atoms with van der Waals surface area (Å²) in [6.45, 7) is 12.5. The van der Waals surface area contributed by atoms with Crippen LogP contribution in [0.3, 0.4) is 0 Å². The van der Waals surface area contributed by atoms with E-state index < -0.39 is 29.3 Å². The number of rotatable bonds is 10. The van der Waals surface area contributed by atoms with E-state index in [2.05, 4.69) is 62.7 Å². The summed E-state index contributed by atoms with van der Waals surface area (Å²) in [5.74, 6) is -0.925. The summed E-state index contributed by atoms with van der Waals surface area (Å²) in [5.41, 5.74) is 6.68. The fraction of sp³-hybridized carbons (Fsp3) is 0.378. The number of aliphatic imine (C=N–C) groups is 1. The molecule has 0 spiro atoms. The van der Waals surface area contributed by atoms with Gasteiger partial charge >= 0.3 is 6.18 Å². The van der Waals surface area contributed by atoms with Crippen LogP contribution in [0.1, 0.15) is 58.2 Å². The Hall–Kier alpha value is -6.20. The van der Waals surface area contributed by atoms with Crippen LogP contribution >= 0.6 is 0 Å². The summed E-state index contributed by atoms with van der Waals surface area (Å²) >= 11 is 0. The van der Waals surface area contributed by atoms with Crippen LogP contribution in [0.5, 0.6) is 17.2 Å². The maximum Gasteiger partial charge on any atom is 0.416 e. The third-order valence-corrected chi connectivity index (χ3v) is 8.67. The molecule has 5 rings (SSSR count). The number of halogens is 3. The van der Waals surface area contributed by atoms with Crippen molar-refractivity contribution >= 4 is 31.7 Å². The van der Waals surface area contributed by atoms with Crippen molar-refractivity contribution in [2.24, 2.45) is 15.8 Å². The van der Waals surface area contributed by atoms with E-state index in [1.807, 2.05) is 6.92 Å². The third kappa shape index (κ3) is 11.2. The van der Waals surface area contributed by atoms with Crippen LogP contribution in [0.4, 0.5) is 13.2 Å². The normalized spacial score (nSPS) is 13.9. The van der Waals surface area contributed by atoms with Gasteiger partial charge in [0.2, 0.25) is 6.41 Å². The molecular weight excluding hydrogens is 723 g/mol. The number of piperazine rings is 1. The lowest BCUT2D eigenvalue weighted by Gasteiger charge is -2.38. The minimum absolute atomic E-state index is 0.0565. The second-order valence-electron chi connectivity index (χ2n) is 12.1. The highest BCUT2D eigenvalue weighted by Gasteiger charge is 2.33. The number of carbonyl (C=O) groups excluding carboxylic acids is 3. The Kier molecular flexibility index (Phi) is 16.0. The molecule has 2 aliphatic rings. The number of benzene rings is 2. The highest BCUT2D eigenvalue weighted by Crippen LogP contribution is 2.33. The summed E-state index contributed by atoms with van der Waals surface area (Å²) in [6.07, 6.45) is -0.487. The van der Waals surface area contributed by atoms with E-state index in [9.17, 15) is 33.0 Å². The number of para-hydroxylation sites is 1. The number of aromatic hydroxyl groups is 2. The van der Waals surface area contributed by atoms with Gasteiger partial charge in [-0.05, 0) is 50.6 Å². The number of carbonyl (C=O) groups is 3. The van der Waals surface area contributed by atoms with Crippen LogP contribution in [0.2, 0.25) is 0 Å². The lowest BCUT2D eigenvalue weighted by molar-refractivity contribution is -0.137. The van der Waals surface area contributed by atoms with Crippen LogP contribution in [0, 0.1) is 6.92 Å². The molecule has 3 aromatic rings. The van der Waals surface area contributed by atoms with Crippen molar-refractivity contribution in [1.29, 1.82) is 0 Å². The van der Waals surface area contributed by atoms with Crippen molar-refractivity contribution in [3.63, 3.8) is 0 Å². The van der Waals surface area contributed by atoms with Crippen molar-refractivity contribution < 1.29 is 42.5 Å². The van der Waals surface area contributed by atoms with Gasteiger partial charge < -0.3 is 35.8 Å². The second-order valence-corrected chi connectivity index (χ2v) is 12.1. The maximum absolute atomic E-state index is 13.7. The number of hydrogen-bond acceptors (Lipinski definition) is 12. The molecule has 3 heterocycles. The first kappa shape index (κ1) is 43.2. The first-order valence-corrected chi connectivity index (χ1v) is 17.2. The van der Waals surface area contributed by atoms with E-state index in [4.69, 9.17) is 9.53 Å². The van der Waals surface area contributed by atoms with E-state index in [0.717, 1.165) is 47.9 Å². The average molecular weight is 770 g/mol. The largest absolute Gasteiger partial charge is 0.508 e. The molecule has 0 radical (unpaired) electrons. The van der Waals surface area contributed by atoms with Gasteiger partial charge in [0, 0.05) is 56.8 Å². The summed E-state index contributed by atoms with van der Waals surface area (Å²) in [7, 11) is 1.65. The Balaban J connectivity index is 0.000000418. The number of allylic oxidation sites excluding steroid dienone is 1. The third-order valence-electron chi connectivity index (χ3n) is 8.67. The Morgan fingerprint density at radius 3 is 2.35 bits per heavy atom. The van der Waals surface area contributed by atoms with E-state index in [1.165, 1.54) is 16.8 Å². The number of fused-ring (bicyclic) bond motifs is 1. The number of ether oxygens (including phenoxy) is 1. The summed E-state index contributed by atoms with van der Waals surface area (Å²) in [6, 6.07) is 8.74. The number of nitrogens with two attached hydrogens (primary N) is 1. The molecule has 1 saturated heterocycles. The van der Waals surface area contributed by atoms with Crippen LogP contribution in [0.25, 0.3) is 0 Å². The number of aryl methyl sites for hydroxylation is 2. The van der Waals surface area contributed by atoms with Gasteiger partial charge in [-0.2, -0.15) is 18.3 Å². The standard InChI is InChI=1S/C25H30F3N7O4.C11H13NO.CH3NO/c1-5-18(29-3)21(24(39)35(30-4)13-16-6-7-17(12-19(16)36)25(26,27)28)33-8-10-34(11-9-33)23(38)20-22(37)15(2)31-14-32-20;1-12-8-10-5-2-4-9-6-3-7-13-11(9)10;2-1-3/h6-7,12,14,29,36-37H,4-5,8-11,13H2,1-3H3;2,4-5H,1,3,6-8H2;1H,(H2,2,3)/b21-18+;;. The highest BCUT2D eigenvalue weighted by atomic mass is 19.4. The molecule has 15 nitrogen and oxygen atoms in total. The number of phenolic OH excluding ortho intramolecular Hbond substituents is 1. The molecule has 5 N–H and O–H groups in total. The molecule has 1 fully saturated rings. The Bertz CT molecular complexity index is 1860. The fourth-order valence-corrected chi connectivity index (χ4v) is 5.87. The molecular formula is C37H46F3N9O6. The van der Waals surface area contributed by atoms with Crippen LogP contribution in [0.15, 0.2) is 64.2 Å². The summed E-state index contributed by atoms with van der Waals surface area (Å²) in [4.78, 5) is 50.1. The van der Waals surface area contributed by atoms with Gasteiger partial charge in [-0.25, -0.2) is 15.0 Å². The lowest BCUT2D eigenvalue weighted by Crippen LogP contribution is -2.51. The molecule has 3 amide bonds. The van der Waals surface area contributed by atoms with Gasteiger partial charge in [0.1, 0.15) is 23.5 Å². The summed E-state index contributed by atoms with van der Waals surface area (Å²) < 4.78 is 44.6. The van der Waals surface area contributed by atoms with Gasteiger partial charge in [-0.3, -0.25) is 19.4 Å². The van der Waals surface area contributed by atoms with Gasteiger partial charge in [-0.1, -0.05) is 31.2 Å². The molecule has 0 unspecified atom stereocenters. The van der Waals surface area contributed by atoms with Gasteiger partial charge in [0.25, 0.3) is 11.8 Å². The van der Waals surface area contributed by atoms with Crippen molar-refractivity contribution in [3.05, 3.63) is 87.8 Å². The predicted molar refractivity (Wildman–Crippen MR) is 199 cm³/mol. The number of amides is 3. The monoisotopic (exact) mass is 769 g/mol. The van der Waals surface area contributed by atoms with Crippen LogP contribution in [-0.2, 0) is 35.3 Å². The zero-order valence-corrected chi connectivity index (χ0v) is 31.0. The maximum atomic E-state index is 13.7. The molecule has 18 heteroatoms. The number of hydrogen-bond donors (Lipinski definition) is 4. The molecule has 2 aromatic carbocycles. The van der Waals surface area contributed by atoms with E-state index >= 15 is 0 Å². The number of phenols is 1. The molecule has 0 aliphatic carbocycles. The highest BCUT2D eigenvalue weighted by molar-refractivity contribution is 5.95. The van der Waals surface area contributed by atoms with Crippen molar-refractivity contribution in [3.8, 4) is 17.2 Å². The number of aromatic nitrogens is 2. The number of hydrazone groups is 1. The second kappa shape index (κ2) is 20.3. The van der Waals surface area contributed by atoms with Crippen molar-refractivity contribution in [2.75, 3.05) is 39.8 Å². The van der Waals surface area contributed by atoms with Gasteiger partial charge in [0.05, 0.1) is 31.0 Å². The Morgan fingerprint density at radius 1 is 1.09 bits per heavy atom. The van der Waals surface area contributed by atoms with E-state index in [-0.39, 0.29) is 67.5 Å². The van der Waals surface area contributed by atoms with E-state index in [1.54, 1.807) is 18.9 Å². The van der Waals surface area contributed by atoms with Gasteiger partial charge in [-0.15, -0.1) is 0 Å². The first-order valence-electron chi connectivity index (χ1n) is 17.2. The zero-order valence-electron chi connectivity index (χ0n) is 31.0. The number of alkyl halides is 3. The lowest BCUT2D eigenvalue weighted by atomic mass is 10.0. The van der Waals surface area contributed by atoms with Crippen LogP contribution in [-0.4, -0.2) is 106 Å². The zero-order chi connectivity index (χ0) is 40.7. The SMILES string of the molecule is C=NCc1cccc2c1OCCC2.C=NN(Cc1ccc(C(F)(F)F)cc1O)C(=O)/C(=C(/CC)NC)N1CCN(C(=O)c2ncnc(C)c2O)CC1.NC=O. The Labute approximate surface area is 317 Å². The predicted octanol–water partition coefficient (Wildman–Crippen LogP) is 3.77. The van der Waals surface area contributed by atoms with Crippen molar-refractivity contribution in [1.82, 2.24) is 30.1 Å². The number of primary amides is 1. The molecule has 296 valence electrons. The van der Waals surface area contributed by atoms with E-state index in [0.29, 0.717) is 24.7 Å². The topological polar surface area (TPSA) is 199 Å². The van der Waals surface area contributed by atoms with Crippen LogP contribution < -0.4 is 15.8 Å². The Morgan fingerprint density at radius 2 is 1.76 bits per heavy atom. The molecule has 0 saturated carbocycles. The van der Waals surface area contributed by atoms with Crippen molar-refractivity contribution in [2.45, 2.75) is 52.4 Å². The summed E-state index contributed by atoms with van der Waals surface area (Å²) in [5, 5.41) is 28.1. The molecule has 0 bridgehead atoms. The van der Waals surface area contributed by atoms with Gasteiger partial charge in [0.15, 0.2) is 11.4 Å². The average Bonchev–Trinajstić information content (AvgIpc) is 3.17. The minimum atomic E-state index is -4.63. The first-order chi connectivity index (χ1) is 26.2. The number of nitrogens with zero attached hydrogens (tertiary/aromatic N) is 7. The molecule has 0 atom stereocenters.